The summed E-state index contributed by atoms with van der Waals surface area (Å²) in [5.74, 6) is 0. The Labute approximate surface area is 149 Å². The van der Waals surface area contributed by atoms with Crippen molar-refractivity contribution in [2.24, 2.45) is 0 Å². The van der Waals surface area contributed by atoms with Gasteiger partial charge >= 0.3 is 0 Å². The first-order chi connectivity index (χ1) is 12.1. The maximum absolute atomic E-state index is 4.64. The summed E-state index contributed by atoms with van der Waals surface area (Å²) < 4.78 is 2.02. The fourth-order valence-electron chi connectivity index (χ4n) is 3.18. The molecule has 0 aliphatic heterocycles. The number of hydrogen-bond donors (Lipinski definition) is 0. The summed E-state index contributed by atoms with van der Waals surface area (Å²) in [6, 6.07) is 6.48. The summed E-state index contributed by atoms with van der Waals surface area (Å²) in [5.41, 5.74) is 6.87. The molecular formula is C21H24N4. The van der Waals surface area contributed by atoms with Gasteiger partial charge in [-0.05, 0) is 68.0 Å². The lowest BCUT2D eigenvalue weighted by molar-refractivity contribution is 0.537. The van der Waals surface area contributed by atoms with Crippen molar-refractivity contribution < 1.29 is 0 Å². The summed E-state index contributed by atoms with van der Waals surface area (Å²) in [7, 11) is 0. The zero-order chi connectivity index (χ0) is 17.8. The summed E-state index contributed by atoms with van der Waals surface area (Å²) in [4.78, 5) is 8.98. The number of aryl methyl sites for hydroxylation is 3. The molecular weight excluding hydrogens is 308 g/mol. The fraction of sp³-hybridized carbons (Fsp3) is 0.286. The molecule has 0 amide bonds. The first-order valence-electron chi connectivity index (χ1n) is 8.65. The average Bonchev–Trinajstić information content (AvgIpc) is 3.10. The number of hydrogen-bond acceptors (Lipinski definition) is 3. The maximum Gasteiger partial charge on any atom is 0.0915 e. The van der Waals surface area contributed by atoms with Gasteiger partial charge in [-0.3, -0.25) is 14.6 Å². The van der Waals surface area contributed by atoms with Crippen molar-refractivity contribution in [2.75, 3.05) is 0 Å². The van der Waals surface area contributed by atoms with E-state index in [1.807, 2.05) is 47.7 Å². The second-order valence-electron chi connectivity index (χ2n) is 6.50. The SMILES string of the molecule is C=Cc1c(C)cncc1CCc1cccnc1-c1ccnn1C(C)C. The molecule has 3 heterocycles. The first kappa shape index (κ1) is 17.1. The average molecular weight is 332 g/mol. The molecule has 0 aromatic carbocycles. The molecule has 3 aromatic heterocycles. The van der Waals surface area contributed by atoms with Crippen LogP contribution in [0.4, 0.5) is 0 Å². The van der Waals surface area contributed by atoms with E-state index in [4.69, 9.17) is 0 Å². The lowest BCUT2D eigenvalue weighted by Crippen LogP contribution is -2.07. The van der Waals surface area contributed by atoms with Crippen molar-refractivity contribution in [3.05, 3.63) is 71.8 Å². The minimum Gasteiger partial charge on any atom is -0.264 e. The van der Waals surface area contributed by atoms with Crippen LogP contribution in [0.2, 0.25) is 0 Å². The Bertz CT molecular complexity index is 877. The van der Waals surface area contributed by atoms with E-state index < -0.39 is 0 Å². The molecule has 4 nitrogen and oxygen atoms in total. The van der Waals surface area contributed by atoms with Gasteiger partial charge in [-0.2, -0.15) is 5.10 Å². The van der Waals surface area contributed by atoms with E-state index in [0.717, 1.165) is 29.8 Å². The van der Waals surface area contributed by atoms with Crippen LogP contribution in [0.15, 0.2) is 49.6 Å². The van der Waals surface area contributed by atoms with Crippen molar-refractivity contribution in [1.29, 1.82) is 0 Å². The minimum absolute atomic E-state index is 0.299. The highest BCUT2D eigenvalue weighted by Gasteiger charge is 2.14. The van der Waals surface area contributed by atoms with Gasteiger partial charge in [0.05, 0.1) is 11.4 Å². The molecule has 3 rings (SSSR count). The van der Waals surface area contributed by atoms with Crippen molar-refractivity contribution in [3.63, 3.8) is 0 Å². The highest BCUT2D eigenvalue weighted by molar-refractivity contribution is 5.60. The van der Waals surface area contributed by atoms with Crippen LogP contribution in [0.25, 0.3) is 17.5 Å². The van der Waals surface area contributed by atoms with Gasteiger partial charge in [-0.15, -0.1) is 0 Å². The fourth-order valence-corrected chi connectivity index (χ4v) is 3.18. The lowest BCUT2D eigenvalue weighted by atomic mass is 9.98. The molecule has 0 saturated heterocycles. The Morgan fingerprint density at radius 1 is 1.12 bits per heavy atom. The highest BCUT2D eigenvalue weighted by atomic mass is 15.3. The van der Waals surface area contributed by atoms with Crippen molar-refractivity contribution in [3.8, 4) is 11.4 Å². The Morgan fingerprint density at radius 3 is 2.68 bits per heavy atom. The molecule has 0 unspecified atom stereocenters. The second kappa shape index (κ2) is 7.43. The van der Waals surface area contributed by atoms with E-state index in [9.17, 15) is 0 Å². The van der Waals surface area contributed by atoms with E-state index in [1.165, 1.54) is 16.7 Å². The monoisotopic (exact) mass is 332 g/mol. The van der Waals surface area contributed by atoms with Gasteiger partial charge in [-0.25, -0.2) is 0 Å². The van der Waals surface area contributed by atoms with E-state index in [1.54, 1.807) is 0 Å². The molecule has 0 spiro atoms. The molecule has 0 atom stereocenters. The van der Waals surface area contributed by atoms with Crippen LogP contribution in [0.5, 0.6) is 0 Å². The highest BCUT2D eigenvalue weighted by Crippen LogP contribution is 2.25. The molecule has 0 aliphatic rings. The zero-order valence-electron chi connectivity index (χ0n) is 15.1. The van der Waals surface area contributed by atoms with Gasteiger partial charge < -0.3 is 0 Å². The van der Waals surface area contributed by atoms with Gasteiger partial charge in [-0.1, -0.05) is 18.7 Å². The van der Waals surface area contributed by atoms with E-state index in [2.05, 4.69) is 48.5 Å². The van der Waals surface area contributed by atoms with Gasteiger partial charge in [0.25, 0.3) is 0 Å². The Balaban J connectivity index is 1.91. The smallest absolute Gasteiger partial charge is 0.0915 e. The molecule has 0 aliphatic carbocycles. The van der Waals surface area contributed by atoms with Crippen molar-refractivity contribution >= 4 is 6.08 Å². The Morgan fingerprint density at radius 2 is 1.92 bits per heavy atom. The summed E-state index contributed by atoms with van der Waals surface area (Å²) in [6.45, 7) is 10.3. The van der Waals surface area contributed by atoms with E-state index in [-0.39, 0.29) is 0 Å². The molecule has 25 heavy (non-hydrogen) atoms. The molecule has 0 fully saturated rings. The van der Waals surface area contributed by atoms with Crippen molar-refractivity contribution in [2.45, 2.75) is 39.7 Å². The number of rotatable bonds is 6. The van der Waals surface area contributed by atoms with Crippen LogP contribution in [0.1, 0.15) is 42.1 Å². The van der Waals surface area contributed by atoms with E-state index in [0.29, 0.717) is 6.04 Å². The van der Waals surface area contributed by atoms with Gasteiger partial charge in [0.15, 0.2) is 0 Å². The van der Waals surface area contributed by atoms with Gasteiger partial charge in [0.2, 0.25) is 0 Å². The second-order valence-corrected chi connectivity index (χ2v) is 6.50. The molecule has 128 valence electrons. The molecule has 3 aromatic rings. The predicted octanol–water partition coefficient (Wildman–Crippen LogP) is 4.66. The molecule has 4 heteroatoms. The molecule has 0 saturated carbocycles. The van der Waals surface area contributed by atoms with Crippen LogP contribution >= 0.6 is 0 Å². The Hall–Kier alpha value is -2.75. The Kier molecular flexibility index (Phi) is 5.08. The molecule has 0 N–H and O–H groups in total. The van der Waals surface area contributed by atoms with Crippen LogP contribution in [-0.4, -0.2) is 19.7 Å². The summed E-state index contributed by atoms with van der Waals surface area (Å²) >= 11 is 0. The molecule has 0 bridgehead atoms. The largest absolute Gasteiger partial charge is 0.264 e. The molecule has 0 radical (unpaired) electrons. The third-order valence-corrected chi connectivity index (χ3v) is 4.43. The first-order valence-corrected chi connectivity index (χ1v) is 8.65. The topological polar surface area (TPSA) is 43.6 Å². The summed E-state index contributed by atoms with van der Waals surface area (Å²) in [5, 5.41) is 4.44. The number of pyridine rings is 2. The minimum atomic E-state index is 0.299. The third kappa shape index (κ3) is 3.53. The van der Waals surface area contributed by atoms with E-state index >= 15 is 0 Å². The van der Waals surface area contributed by atoms with Crippen LogP contribution in [-0.2, 0) is 12.8 Å². The third-order valence-electron chi connectivity index (χ3n) is 4.43. The van der Waals surface area contributed by atoms with Crippen LogP contribution < -0.4 is 0 Å². The number of nitrogens with zero attached hydrogens (tertiary/aromatic N) is 4. The van der Waals surface area contributed by atoms with Gasteiger partial charge in [0, 0.05) is 30.8 Å². The predicted molar refractivity (Wildman–Crippen MR) is 102 cm³/mol. The number of aromatic nitrogens is 4. The quantitative estimate of drug-likeness (QED) is 0.659. The van der Waals surface area contributed by atoms with Crippen molar-refractivity contribution in [1.82, 2.24) is 19.7 Å². The van der Waals surface area contributed by atoms with Crippen LogP contribution in [0.3, 0.4) is 0 Å². The zero-order valence-corrected chi connectivity index (χ0v) is 15.1. The summed E-state index contributed by atoms with van der Waals surface area (Å²) in [6.07, 6.45) is 11.2. The standard InChI is InChI=1S/C21H24N4/c1-5-19-16(4)13-22-14-18(19)9-8-17-7-6-11-23-21(17)20-10-12-24-25(20)15(2)3/h5-7,10-15H,1,8-9H2,2-4H3. The normalized spacial score (nSPS) is 11.0. The maximum atomic E-state index is 4.64. The van der Waals surface area contributed by atoms with Gasteiger partial charge in [0.1, 0.15) is 0 Å². The van der Waals surface area contributed by atoms with Crippen LogP contribution in [0, 0.1) is 6.92 Å². The lowest BCUT2D eigenvalue weighted by Gasteiger charge is -2.14.